The molecule has 1 unspecified atom stereocenters. The molecule has 24 heavy (non-hydrogen) atoms. The van der Waals surface area contributed by atoms with Crippen molar-refractivity contribution in [2.75, 3.05) is 11.2 Å². The Bertz CT molecular complexity index is 763. The molecule has 0 aliphatic carbocycles. The number of rotatable bonds is 5. The van der Waals surface area contributed by atoms with Crippen LogP contribution in [0.2, 0.25) is 5.02 Å². The SMILES string of the molecule is Cc1ccc(NP(=O)(CC(F)(F)F)Oc2ccc(Cl)cc2)cc1C. The normalized spacial score (nSPS) is 14.1. The van der Waals surface area contributed by atoms with Gasteiger partial charge >= 0.3 is 13.7 Å². The Morgan fingerprint density at radius 2 is 1.71 bits per heavy atom. The zero-order chi connectivity index (χ0) is 18.0. The van der Waals surface area contributed by atoms with E-state index in [1.807, 2.05) is 13.8 Å². The maximum absolute atomic E-state index is 12.9. The van der Waals surface area contributed by atoms with E-state index in [1.165, 1.54) is 24.3 Å². The average molecular weight is 378 g/mol. The Hall–Kier alpha value is -1.65. The number of halogens is 4. The van der Waals surface area contributed by atoms with Gasteiger partial charge in [-0.25, -0.2) is 0 Å². The predicted molar refractivity (Wildman–Crippen MR) is 90.1 cm³/mol. The standard InChI is InChI=1S/C16H16ClF3NO2P/c1-11-3-6-14(9-12(11)2)21-24(22,10-16(18,19)20)23-15-7-4-13(17)5-8-15/h3-9H,10H2,1-2H3,(H,21,22). The highest BCUT2D eigenvalue weighted by Crippen LogP contribution is 2.50. The maximum atomic E-state index is 12.9. The molecule has 0 saturated heterocycles. The summed E-state index contributed by atoms with van der Waals surface area (Å²) in [6.07, 6.45) is -6.23. The molecule has 1 atom stereocenters. The molecule has 0 fully saturated rings. The van der Waals surface area contributed by atoms with Gasteiger partial charge in [0.2, 0.25) is 0 Å². The molecule has 0 saturated carbocycles. The molecule has 8 heteroatoms. The van der Waals surface area contributed by atoms with Crippen molar-refractivity contribution in [1.82, 2.24) is 0 Å². The molecule has 3 nitrogen and oxygen atoms in total. The molecule has 0 amide bonds. The van der Waals surface area contributed by atoms with Crippen molar-refractivity contribution in [2.45, 2.75) is 20.0 Å². The summed E-state index contributed by atoms with van der Waals surface area (Å²) in [5.41, 5.74) is 2.15. The van der Waals surface area contributed by atoms with Gasteiger partial charge in [0.25, 0.3) is 0 Å². The summed E-state index contributed by atoms with van der Waals surface area (Å²) in [7, 11) is -4.25. The second-order valence-electron chi connectivity index (χ2n) is 5.40. The van der Waals surface area contributed by atoms with Crippen molar-refractivity contribution in [1.29, 1.82) is 0 Å². The quantitative estimate of drug-likeness (QED) is 0.630. The van der Waals surface area contributed by atoms with Crippen molar-refractivity contribution in [3.63, 3.8) is 0 Å². The fraction of sp³-hybridized carbons (Fsp3) is 0.250. The van der Waals surface area contributed by atoms with E-state index in [0.29, 0.717) is 10.7 Å². The molecule has 0 aliphatic rings. The van der Waals surface area contributed by atoms with Gasteiger partial charge in [0.15, 0.2) is 6.16 Å². The summed E-state index contributed by atoms with van der Waals surface area (Å²) in [5, 5.41) is 2.82. The Balaban J connectivity index is 2.30. The molecular formula is C16H16ClF3NO2P. The summed E-state index contributed by atoms with van der Waals surface area (Å²) >= 11 is 5.73. The monoisotopic (exact) mass is 377 g/mol. The molecule has 0 heterocycles. The lowest BCUT2D eigenvalue weighted by Crippen LogP contribution is -2.20. The van der Waals surface area contributed by atoms with Crippen LogP contribution in [0.1, 0.15) is 11.1 Å². The minimum Gasteiger partial charge on any atom is -0.429 e. The smallest absolute Gasteiger partial charge is 0.400 e. The molecule has 2 aromatic carbocycles. The third kappa shape index (κ3) is 5.46. The lowest BCUT2D eigenvalue weighted by Gasteiger charge is -2.23. The Kier molecular flexibility index (Phi) is 5.51. The van der Waals surface area contributed by atoms with E-state index in [0.717, 1.165) is 11.1 Å². The van der Waals surface area contributed by atoms with Gasteiger partial charge in [-0.3, -0.25) is 4.57 Å². The fourth-order valence-corrected chi connectivity index (χ4v) is 3.79. The van der Waals surface area contributed by atoms with Crippen LogP contribution in [-0.4, -0.2) is 12.3 Å². The molecular weight excluding hydrogens is 362 g/mol. The number of alkyl halides is 3. The zero-order valence-electron chi connectivity index (χ0n) is 13.0. The van der Waals surface area contributed by atoms with Crippen LogP contribution in [0.5, 0.6) is 5.75 Å². The molecule has 130 valence electrons. The highest BCUT2D eigenvalue weighted by atomic mass is 35.5. The molecule has 0 aliphatic heterocycles. The van der Waals surface area contributed by atoms with Crippen LogP contribution in [0.25, 0.3) is 0 Å². The minimum atomic E-state index is -4.64. The van der Waals surface area contributed by atoms with Gasteiger partial charge in [-0.05, 0) is 61.4 Å². The van der Waals surface area contributed by atoms with Crippen LogP contribution in [0.3, 0.4) is 0 Å². The molecule has 2 aromatic rings. The minimum absolute atomic E-state index is 0.0447. The molecule has 0 aromatic heterocycles. The highest BCUT2D eigenvalue weighted by molar-refractivity contribution is 7.61. The van der Waals surface area contributed by atoms with Crippen molar-refractivity contribution in [3.05, 3.63) is 58.6 Å². The average Bonchev–Trinajstić information content (AvgIpc) is 2.43. The van der Waals surface area contributed by atoms with Crippen molar-refractivity contribution >= 4 is 24.8 Å². The second kappa shape index (κ2) is 7.08. The number of hydrogen-bond acceptors (Lipinski definition) is 2. The third-order valence-electron chi connectivity index (χ3n) is 3.26. The number of benzene rings is 2. The summed E-state index contributed by atoms with van der Waals surface area (Å²) < 4.78 is 56.5. The van der Waals surface area contributed by atoms with Crippen LogP contribution in [0.15, 0.2) is 42.5 Å². The fourth-order valence-electron chi connectivity index (χ4n) is 2.00. The number of hydrogen-bond donors (Lipinski definition) is 1. The van der Waals surface area contributed by atoms with Gasteiger partial charge in [0, 0.05) is 10.7 Å². The van der Waals surface area contributed by atoms with Crippen LogP contribution >= 0.6 is 19.1 Å². The van der Waals surface area contributed by atoms with Crippen LogP contribution in [0, 0.1) is 13.8 Å². The number of aryl methyl sites for hydroxylation is 2. The van der Waals surface area contributed by atoms with E-state index in [2.05, 4.69) is 5.09 Å². The first-order chi connectivity index (χ1) is 11.1. The number of anilines is 1. The Morgan fingerprint density at radius 3 is 2.25 bits per heavy atom. The lowest BCUT2D eigenvalue weighted by atomic mass is 10.1. The number of nitrogens with one attached hydrogen (secondary N) is 1. The van der Waals surface area contributed by atoms with Gasteiger partial charge in [-0.1, -0.05) is 17.7 Å². The van der Waals surface area contributed by atoms with Crippen LogP contribution < -0.4 is 9.61 Å². The topological polar surface area (TPSA) is 38.3 Å². The molecule has 0 bridgehead atoms. The van der Waals surface area contributed by atoms with Crippen LogP contribution in [-0.2, 0) is 4.57 Å². The van der Waals surface area contributed by atoms with Gasteiger partial charge in [-0.15, -0.1) is 0 Å². The second-order valence-corrected chi connectivity index (χ2v) is 7.91. The zero-order valence-corrected chi connectivity index (χ0v) is 14.7. The Labute approximate surface area is 143 Å². The first-order valence-electron chi connectivity index (χ1n) is 7.03. The van der Waals surface area contributed by atoms with Gasteiger partial charge in [0.1, 0.15) is 5.75 Å². The van der Waals surface area contributed by atoms with E-state index in [1.54, 1.807) is 18.2 Å². The molecule has 1 N–H and O–H groups in total. The molecule has 2 rings (SSSR count). The molecule has 0 radical (unpaired) electrons. The van der Waals surface area contributed by atoms with E-state index in [9.17, 15) is 17.7 Å². The maximum Gasteiger partial charge on any atom is 0.400 e. The van der Waals surface area contributed by atoms with Gasteiger partial charge in [-0.2, -0.15) is 13.2 Å². The van der Waals surface area contributed by atoms with E-state index in [-0.39, 0.29) is 5.75 Å². The van der Waals surface area contributed by atoms with Gasteiger partial charge < -0.3 is 9.61 Å². The van der Waals surface area contributed by atoms with E-state index >= 15 is 0 Å². The summed E-state index contributed by atoms with van der Waals surface area (Å²) in [6.45, 7) is 3.69. The first kappa shape index (κ1) is 18.7. The largest absolute Gasteiger partial charge is 0.429 e. The molecule has 0 spiro atoms. The van der Waals surface area contributed by atoms with Gasteiger partial charge in [0.05, 0.1) is 0 Å². The van der Waals surface area contributed by atoms with Crippen molar-refractivity contribution < 1.29 is 22.3 Å². The third-order valence-corrected chi connectivity index (χ3v) is 5.39. The van der Waals surface area contributed by atoms with Crippen molar-refractivity contribution in [2.24, 2.45) is 0 Å². The summed E-state index contributed by atoms with van der Waals surface area (Å²) in [6, 6.07) is 10.6. The predicted octanol–water partition coefficient (Wildman–Crippen LogP) is 6.20. The Morgan fingerprint density at radius 1 is 1.08 bits per heavy atom. The van der Waals surface area contributed by atoms with E-state index < -0.39 is 19.9 Å². The van der Waals surface area contributed by atoms with Crippen molar-refractivity contribution in [3.8, 4) is 5.75 Å². The highest BCUT2D eigenvalue weighted by Gasteiger charge is 2.41. The summed E-state index contributed by atoms with van der Waals surface area (Å²) in [5.74, 6) is 0.0447. The van der Waals surface area contributed by atoms with E-state index in [4.69, 9.17) is 16.1 Å². The first-order valence-corrected chi connectivity index (χ1v) is 9.22. The van der Waals surface area contributed by atoms with Crippen LogP contribution in [0.4, 0.5) is 18.9 Å². The lowest BCUT2D eigenvalue weighted by molar-refractivity contribution is -0.107. The summed E-state index contributed by atoms with van der Waals surface area (Å²) in [4.78, 5) is 0.